The molecule has 0 saturated carbocycles. The average molecular weight is 433 g/mol. The summed E-state index contributed by atoms with van der Waals surface area (Å²) < 4.78 is 12.7. The molecule has 1 aromatic heterocycles. The van der Waals surface area contributed by atoms with Crippen molar-refractivity contribution in [1.29, 1.82) is 0 Å². The molecule has 1 unspecified atom stereocenters. The van der Waals surface area contributed by atoms with Crippen LogP contribution in [0.5, 0.6) is 5.75 Å². The molecule has 2 atom stereocenters. The second-order valence-electron chi connectivity index (χ2n) is 8.12. The van der Waals surface area contributed by atoms with Crippen LogP contribution in [-0.2, 0) is 16.6 Å². The van der Waals surface area contributed by atoms with Gasteiger partial charge in [-0.05, 0) is 45.2 Å². The van der Waals surface area contributed by atoms with E-state index in [-0.39, 0.29) is 25.2 Å². The number of nitrogens with one attached hydrogen (secondary N) is 2. The highest BCUT2D eigenvalue weighted by Gasteiger charge is 2.29. The van der Waals surface area contributed by atoms with Crippen molar-refractivity contribution in [1.82, 2.24) is 4.57 Å². The molecule has 1 aliphatic heterocycles. The average Bonchev–Trinajstić information content (AvgIpc) is 3.01. The third-order valence-corrected chi connectivity index (χ3v) is 6.33. The maximum Gasteiger partial charge on any atom is 0.340 e. The molecule has 0 aliphatic carbocycles. The van der Waals surface area contributed by atoms with Gasteiger partial charge in [-0.15, -0.1) is 0 Å². The summed E-state index contributed by atoms with van der Waals surface area (Å²) in [7, 11) is 3.43. The quantitative estimate of drug-likeness (QED) is 0.549. The van der Waals surface area contributed by atoms with Gasteiger partial charge >= 0.3 is 5.97 Å². The number of methoxy groups -OCH3 is 1. The normalized spacial score (nSPS) is 18.7. The van der Waals surface area contributed by atoms with E-state index in [1.54, 1.807) is 20.1 Å². The predicted octanol–water partition coefficient (Wildman–Crippen LogP) is 1.43. The van der Waals surface area contributed by atoms with Gasteiger partial charge in [0.1, 0.15) is 5.75 Å². The number of aliphatic hydroxyl groups excluding tert-OH is 1. The van der Waals surface area contributed by atoms with Gasteiger partial charge in [0.2, 0.25) is 0 Å². The summed E-state index contributed by atoms with van der Waals surface area (Å²) in [6, 6.07) is 3.97. The highest BCUT2D eigenvalue weighted by molar-refractivity contribution is 6.14. The molecule has 3 rings (SSSR count). The first kappa shape index (κ1) is 23.1. The van der Waals surface area contributed by atoms with Crippen LogP contribution in [0.4, 0.5) is 5.69 Å². The molecule has 0 radical (unpaired) electrons. The number of hydrogen-bond acceptors (Lipinski definition) is 5. The molecule has 2 aromatic rings. The molecule has 1 aromatic carbocycles. The van der Waals surface area contributed by atoms with Crippen molar-refractivity contribution < 1.29 is 29.1 Å². The van der Waals surface area contributed by atoms with Crippen molar-refractivity contribution in [2.75, 3.05) is 38.7 Å². The Bertz CT molecular complexity index is 951. The van der Waals surface area contributed by atoms with Crippen molar-refractivity contribution in [2.24, 2.45) is 7.05 Å². The predicted molar refractivity (Wildman–Crippen MR) is 119 cm³/mol. The number of carbonyl (C=O) groups excluding carboxylic acids is 2. The molecule has 0 spiro atoms. The van der Waals surface area contributed by atoms with E-state index in [0.717, 1.165) is 37.0 Å². The molecular formula is C23H34N3O5+. The number of piperidine rings is 1. The Hall–Kier alpha value is -2.58. The van der Waals surface area contributed by atoms with Crippen LogP contribution in [0.1, 0.15) is 48.7 Å². The minimum atomic E-state index is -0.418. The molecule has 2 heterocycles. The van der Waals surface area contributed by atoms with E-state index in [9.17, 15) is 14.7 Å². The molecule has 170 valence electrons. The van der Waals surface area contributed by atoms with Crippen LogP contribution in [0.3, 0.4) is 0 Å². The number of fused-ring (bicyclic) bond motifs is 1. The van der Waals surface area contributed by atoms with Gasteiger partial charge in [0, 0.05) is 31.2 Å². The highest BCUT2D eigenvalue weighted by atomic mass is 16.5. The lowest BCUT2D eigenvalue weighted by atomic mass is 9.99. The number of hydrogen-bond donors (Lipinski definition) is 3. The largest absolute Gasteiger partial charge is 0.495 e. The van der Waals surface area contributed by atoms with Crippen molar-refractivity contribution in [3.05, 3.63) is 23.4 Å². The minimum absolute atomic E-state index is 0.134. The van der Waals surface area contributed by atoms with Gasteiger partial charge in [0.15, 0.2) is 6.54 Å². The fraction of sp³-hybridized carbons (Fsp3) is 0.565. The summed E-state index contributed by atoms with van der Waals surface area (Å²) >= 11 is 0. The highest BCUT2D eigenvalue weighted by Crippen LogP contribution is 2.38. The summed E-state index contributed by atoms with van der Waals surface area (Å²) in [5, 5.41) is 13.0. The Kier molecular flexibility index (Phi) is 7.56. The maximum atomic E-state index is 13.1. The van der Waals surface area contributed by atoms with Crippen LogP contribution in [0, 0.1) is 6.92 Å². The number of carbonyl (C=O) groups is 2. The lowest BCUT2D eigenvalue weighted by Crippen LogP contribution is -3.17. The van der Waals surface area contributed by atoms with Crippen molar-refractivity contribution in [2.45, 2.75) is 45.6 Å². The van der Waals surface area contributed by atoms with Gasteiger partial charge in [-0.1, -0.05) is 0 Å². The van der Waals surface area contributed by atoms with Crippen LogP contribution < -0.4 is 15.0 Å². The van der Waals surface area contributed by atoms with Gasteiger partial charge in [-0.2, -0.15) is 0 Å². The molecule has 1 amide bonds. The Morgan fingerprint density at radius 1 is 1.32 bits per heavy atom. The summed E-state index contributed by atoms with van der Waals surface area (Å²) in [4.78, 5) is 27.0. The van der Waals surface area contributed by atoms with E-state index < -0.39 is 5.97 Å². The van der Waals surface area contributed by atoms with E-state index in [1.807, 2.05) is 24.6 Å². The third kappa shape index (κ3) is 4.70. The lowest BCUT2D eigenvalue weighted by Gasteiger charge is -2.31. The zero-order valence-corrected chi connectivity index (χ0v) is 18.9. The molecule has 8 nitrogen and oxygen atoms in total. The molecule has 3 N–H and O–H groups in total. The number of benzene rings is 1. The summed E-state index contributed by atoms with van der Waals surface area (Å²) in [6.45, 7) is 5.26. The first-order valence-corrected chi connectivity index (χ1v) is 11.0. The van der Waals surface area contributed by atoms with Gasteiger partial charge in [0.05, 0.1) is 43.1 Å². The standard InChI is InChI=1S/C23H33N3O5/c1-5-31-23(29)20-15(2)25(3)17-9-10-18(30-4)22(21(17)20)24-19(28)14-26-12-7-6-8-16(26)11-13-27/h9-10,16,27H,5-8,11-14H2,1-4H3,(H,24,28)/p+1/t16-/m1/s1. The van der Waals surface area contributed by atoms with Crippen LogP contribution >= 0.6 is 0 Å². The number of quaternary nitrogens is 1. The van der Waals surface area contributed by atoms with Crippen molar-refractivity contribution in [3.8, 4) is 5.75 Å². The topological polar surface area (TPSA) is 94.2 Å². The molecule has 1 fully saturated rings. The number of anilines is 1. The van der Waals surface area contributed by atoms with E-state index in [2.05, 4.69) is 5.32 Å². The maximum absolute atomic E-state index is 13.1. The number of aliphatic hydroxyl groups is 1. The van der Waals surface area contributed by atoms with E-state index in [1.165, 1.54) is 4.90 Å². The molecule has 0 bridgehead atoms. The lowest BCUT2D eigenvalue weighted by molar-refractivity contribution is -0.923. The number of aromatic nitrogens is 1. The molecular weight excluding hydrogens is 398 g/mol. The number of rotatable bonds is 8. The number of aryl methyl sites for hydroxylation is 1. The number of likely N-dealkylation sites (tertiary alicyclic amines) is 1. The minimum Gasteiger partial charge on any atom is -0.495 e. The van der Waals surface area contributed by atoms with Gasteiger partial charge in [0.25, 0.3) is 5.91 Å². The summed E-state index contributed by atoms with van der Waals surface area (Å²) in [5.74, 6) is -0.0569. The second kappa shape index (κ2) is 10.2. The number of nitrogens with zero attached hydrogens (tertiary/aromatic N) is 1. The van der Waals surface area contributed by atoms with E-state index in [0.29, 0.717) is 35.4 Å². The molecule has 1 aliphatic rings. The van der Waals surface area contributed by atoms with Crippen molar-refractivity contribution >= 4 is 28.5 Å². The SMILES string of the molecule is CCOC(=O)c1c(C)n(C)c2ccc(OC)c(NC(=O)C[NH+]3CCCC[C@@H]3CCO)c12. The van der Waals surface area contributed by atoms with E-state index in [4.69, 9.17) is 9.47 Å². The Labute approximate surface area is 183 Å². The monoisotopic (exact) mass is 432 g/mol. The van der Waals surface area contributed by atoms with Crippen LogP contribution in [0.2, 0.25) is 0 Å². The number of ether oxygens (including phenoxy) is 2. The smallest absolute Gasteiger partial charge is 0.340 e. The molecule has 8 heteroatoms. The fourth-order valence-electron chi connectivity index (χ4n) is 4.66. The third-order valence-electron chi connectivity index (χ3n) is 6.33. The van der Waals surface area contributed by atoms with Crippen molar-refractivity contribution in [3.63, 3.8) is 0 Å². The van der Waals surface area contributed by atoms with Gasteiger partial charge < -0.3 is 29.4 Å². The Balaban J connectivity index is 1.97. The Morgan fingerprint density at radius 3 is 2.77 bits per heavy atom. The molecule has 31 heavy (non-hydrogen) atoms. The Morgan fingerprint density at radius 2 is 2.10 bits per heavy atom. The number of amides is 1. The zero-order valence-electron chi connectivity index (χ0n) is 18.9. The van der Waals surface area contributed by atoms with Gasteiger partial charge in [-0.3, -0.25) is 4.79 Å². The number of esters is 1. The molecule has 1 saturated heterocycles. The van der Waals surface area contributed by atoms with Crippen LogP contribution in [0.15, 0.2) is 12.1 Å². The van der Waals surface area contributed by atoms with Crippen LogP contribution in [0.25, 0.3) is 10.9 Å². The van der Waals surface area contributed by atoms with E-state index >= 15 is 0 Å². The first-order valence-electron chi connectivity index (χ1n) is 11.0. The zero-order chi connectivity index (χ0) is 22.5. The fourth-order valence-corrected chi connectivity index (χ4v) is 4.66. The summed E-state index contributed by atoms with van der Waals surface area (Å²) in [6.07, 6.45) is 3.93. The van der Waals surface area contributed by atoms with Gasteiger partial charge in [-0.25, -0.2) is 4.79 Å². The van der Waals surface area contributed by atoms with Crippen LogP contribution in [-0.4, -0.2) is 61.0 Å². The second-order valence-corrected chi connectivity index (χ2v) is 8.12. The first-order chi connectivity index (χ1) is 14.9. The summed E-state index contributed by atoms with van der Waals surface area (Å²) in [5.41, 5.74) is 2.52.